The average molecular weight is 249 g/mol. The molecular formula is C8H10IO+. The molecule has 0 fully saturated rings. The predicted molar refractivity (Wildman–Crippen MR) is 37.8 cm³/mol. The molecule has 10 heavy (non-hydrogen) atoms. The second kappa shape index (κ2) is 3.23. The Morgan fingerprint density at radius 3 is 2.60 bits per heavy atom. The quantitative estimate of drug-likeness (QED) is 0.548. The first-order valence-electron chi connectivity index (χ1n) is 3.05. The average Bonchev–Trinajstić information content (AvgIpc) is 1.88. The van der Waals surface area contributed by atoms with E-state index < -0.39 is 0 Å². The molecule has 0 saturated heterocycles. The molecule has 0 aliphatic heterocycles. The van der Waals surface area contributed by atoms with Crippen LogP contribution in [-0.4, -0.2) is 7.11 Å². The SMILES string of the molecule is COc1ccc(C)cc1[IH+]. The topological polar surface area (TPSA) is 9.23 Å². The van der Waals surface area contributed by atoms with Crippen molar-refractivity contribution in [2.75, 3.05) is 7.11 Å². The van der Waals surface area contributed by atoms with Crippen molar-refractivity contribution >= 4 is 0 Å². The van der Waals surface area contributed by atoms with E-state index in [1.165, 1.54) is 9.13 Å². The third-order valence-corrected chi connectivity index (χ3v) is 2.23. The molecule has 1 aromatic rings. The lowest BCUT2D eigenvalue weighted by Gasteiger charge is -1.97. The summed E-state index contributed by atoms with van der Waals surface area (Å²) in [5.41, 5.74) is 1.28. The van der Waals surface area contributed by atoms with Crippen LogP contribution in [0, 0.1) is 10.5 Å². The van der Waals surface area contributed by atoms with Crippen LogP contribution in [0.4, 0.5) is 0 Å². The number of rotatable bonds is 1. The van der Waals surface area contributed by atoms with Crippen molar-refractivity contribution in [3.05, 3.63) is 27.3 Å². The lowest BCUT2D eigenvalue weighted by molar-refractivity contribution is -0.330. The monoisotopic (exact) mass is 249 g/mol. The van der Waals surface area contributed by atoms with Crippen molar-refractivity contribution in [3.8, 4) is 5.75 Å². The van der Waals surface area contributed by atoms with Crippen LogP contribution in [0.3, 0.4) is 0 Å². The van der Waals surface area contributed by atoms with E-state index >= 15 is 0 Å². The summed E-state index contributed by atoms with van der Waals surface area (Å²) in [6, 6.07) is 6.16. The molecule has 0 amide bonds. The molecule has 1 rings (SSSR count). The predicted octanol–water partition coefficient (Wildman–Crippen LogP) is -1.54. The number of hydrogen-bond donors (Lipinski definition) is 0. The zero-order valence-electron chi connectivity index (χ0n) is 6.05. The van der Waals surface area contributed by atoms with Crippen LogP contribution in [-0.2, 0) is 0 Å². The van der Waals surface area contributed by atoms with Crippen LogP contribution in [0.25, 0.3) is 0 Å². The first-order valence-corrected chi connectivity index (χ1v) is 4.22. The molecule has 0 aromatic heterocycles. The zero-order chi connectivity index (χ0) is 7.56. The maximum atomic E-state index is 5.10. The molecular weight excluding hydrogens is 239 g/mol. The number of halogens is 1. The molecule has 0 unspecified atom stereocenters. The number of methoxy groups -OCH3 is 1. The first-order chi connectivity index (χ1) is 4.74. The lowest BCUT2D eigenvalue weighted by Crippen LogP contribution is -3.34. The summed E-state index contributed by atoms with van der Waals surface area (Å²) in [7, 11) is 1.69. The van der Waals surface area contributed by atoms with Gasteiger partial charge in [-0.2, -0.15) is 0 Å². The van der Waals surface area contributed by atoms with Crippen molar-refractivity contribution in [3.63, 3.8) is 0 Å². The third-order valence-electron chi connectivity index (χ3n) is 1.32. The molecule has 1 aromatic carbocycles. The van der Waals surface area contributed by atoms with Gasteiger partial charge in [-0.1, -0.05) is 6.07 Å². The van der Waals surface area contributed by atoms with Crippen molar-refractivity contribution in [1.29, 1.82) is 0 Å². The fraction of sp³-hybridized carbons (Fsp3) is 0.250. The lowest BCUT2D eigenvalue weighted by atomic mass is 10.2. The molecule has 0 heterocycles. The highest BCUT2D eigenvalue weighted by molar-refractivity contribution is 5.25. The second-order valence-corrected chi connectivity index (χ2v) is 3.41. The van der Waals surface area contributed by atoms with Crippen LogP contribution >= 0.6 is 0 Å². The Morgan fingerprint density at radius 2 is 2.10 bits per heavy atom. The molecule has 0 aliphatic rings. The molecule has 0 atom stereocenters. The molecule has 0 radical (unpaired) electrons. The van der Waals surface area contributed by atoms with Gasteiger partial charge in [0.25, 0.3) is 0 Å². The Morgan fingerprint density at radius 1 is 1.40 bits per heavy atom. The van der Waals surface area contributed by atoms with E-state index in [9.17, 15) is 0 Å². The fourth-order valence-corrected chi connectivity index (χ4v) is 1.75. The van der Waals surface area contributed by atoms with Gasteiger partial charge in [0.05, 0.1) is 7.11 Å². The minimum atomic E-state index is 0.968. The molecule has 2 heteroatoms. The summed E-state index contributed by atoms with van der Waals surface area (Å²) in [5, 5.41) is 0. The minimum Gasteiger partial charge on any atom is -0.492 e. The van der Waals surface area contributed by atoms with Gasteiger partial charge in [0.2, 0.25) is 3.57 Å². The molecule has 1 nitrogen and oxygen atoms in total. The Bertz CT molecular complexity index is 233. The van der Waals surface area contributed by atoms with E-state index in [0.717, 1.165) is 5.75 Å². The van der Waals surface area contributed by atoms with Crippen LogP contribution in [0.15, 0.2) is 18.2 Å². The Hall–Kier alpha value is -0.250. The molecule has 0 spiro atoms. The number of ether oxygens (including phenoxy) is 1. The Labute approximate surface area is 74.5 Å². The highest BCUT2D eigenvalue weighted by Gasteiger charge is 2.04. The van der Waals surface area contributed by atoms with Crippen LogP contribution in [0.5, 0.6) is 5.75 Å². The van der Waals surface area contributed by atoms with Crippen LogP contribution in [0.1, 0.15) is 5.56 Å². The largest absolute Gasteiger partial charge is 0.492 e. The van der Waals surface area contributed by atoms with Gasteiger partial charge >= 0.3 is 22.6 Å². The maximum Gasteiger partial charge on any atom is 0.300 e. The van der Waals surface area contributed by atoms with E-state index in [1.54, 1.807) is 7.11 Å². The standard InChI is InChI=1S/C8H10IO/c1-6-3-4-8(10-2)7(9)5-6/h3-5,9H,1-2H3/q+1. The summed E-state index contributed by atoms with van der Waals surface area (Å²) in [5.74, 6) is 0.968. The van der Waals surface area contributed by atoms with Crippen molar-refractivity contribution in [2.45, 2.75) is 6.92 Å². The number of benzene rings is 1. The third kappa shape index (κ3) is 1.62. The van der Waals surface area contributed by atoms with Gasteiger partial charge in [-0.15, -0.1) is 0 Å². The molecule has 0 aliphatic carbocycles. The number of hydrogen-bond acceptors (Lipinski definition) is 1. The van der Waals surface area contributed by atoms with Gasteiger partial charge in [0.1, 0.15) is 0 Å². The molecule has 0 bridgehead atoms. The maximum absolute atomic E-state index is 5.10. The van der Waals surface area contributed by atoms with Gasteiger partial charge in [0, 0.05) is 0 Å². The summed E-state index contributed by atoms with van der Waals surface area (Å²) >= 11 is 1.98. The van der Waals surface area contributed by atoms with Crippen molar-refractivity contribution in [2.24, 2.45) is 0 Å². The van der Waals surface area contributed by atoms with Gasteiger partial charge in [0.15, 0.2) is 5.75 Å². The minimum absolute atomic E-state index is 0.968. The second-order valence-electron chi connectivity index (χ2n) is 2.15. The Kier molecular flexibility index (Phi) is 2.54. The summed E-state index contributed by atoms with van der Waals surface area (Å²) in [4.78, 5) is 0. The smallest absolute Gasteiger partial charge is 0.300 e. The Balaban J connectivity index is 3.07. The normalized spacial score (nSPS) is 9.50. The zero-order valence-corrected chi connectivity index (χ0v) is 8.38. The highest BCUT2D eigenvalue weighted by atomic mass is 127. The van der Waals surface area contributed by atoms with Gasteiger partial charge in [-0.3, -0.25) is 0 Å². The van der Waals surface area contributed by atoms with Crippen LogP contribution in [0.2, 0.25) is 0 Å². The highest BCUT2D eigenvalue weighted by Crippen LogP contribution is 2.09. The summed E-state index contributed by atoms with van der Waals surface area (Å²) < 4.78 is 6.31. The fourth-order valence-electron chi connectivity index (χ4n) is 0.784. The van der Waals surface area contributed by atoms with E-state index in [-0.39, 0.29) is 0 Å². The van der Waals surface area contributed by atoms with E-state index in [2.05, 4.69) is 13.0 Å². The van der Waals surface area contributed by atoms with Crippen LogP contribution < -0.4 is 27.3 Å². The number of aryl methyl sites for hydroxylation is 1. The van der Waals surface area contributed by atoms with Crippen molar-refractivity contribution < 1.29 is 27.3 Å². The summed E-state index contributed by atoms with van der Waals surface area (Å²) in [6.45, 7) is 2.08. The first kappa shape index (κ1) is 7.85. The molecule has 54 valence electrons. The van der Waals surface area contributed by atoms with E-state index in [0.29, 0.717) is 0 Å². The van der Waals surface area contributed by atoms with Gasteiger partial charge < -0.3 is 4.74 Å². The molecule has 0 N–H and O–H groups in total. The van der Waals surface area contributed by atoms with E-state index in [4.69, 9.17) is 4.74 Å². The van der Waals surface area contributed by atoms with E-state index in [1.807, 2.05) is 34.7 Å². The van der Waals surface area contributed by atoms with Gasteiger partial charge in [-0.05, 0) is 24.6 Å². The van der Waals surface area contributed by atoms with Crippen molar-refractivity contribution in [1.82, 2.24) is 0 Å². The summed E-state index contributed by atoms with van der Waals surface area (Å²) in [6.07, 6.45) is 0. The molecule has 0 saturated carbocycles. The van der Waals surface area contributed by atoms with Gasteiger partial charge in [-0.25, -0.2) is 0 Å².